The summed E-state index contributed by atoms with van der Waals surface area (Å²) in [6.45, 7) is 3.63. The minimum atomic E-state index is -0.336. The highest BCUT2D eigenvalue weighted by Crippen LogP contribution is 2.28. The average Bonchev–Trinajstić information content (AvgIpc) is 3.22. The number of carbonyl (C=O) groups excluding carboxylic acids is 2. The number of nitrogens with zero attached hydrogens (tertiary/aromatic N) is 2. The smallest absolute Gasteiger partial charge is 0.270 e. The van der Waals surface area contributed by atoms with E-state index in [1.54, 1.807) is 23.6 Å². The van der Waals surface area contributed by atoms with Crippen molar-refractivity contribution in [2.45, 2.75) is 19.3 Å². The molecule has 1 aromatic carbocycles. The van der Waals surface area contributed by atoms with Crippen molar-refractivity contribution in [1.29, 1.82) is 0 Å². The Morgan fingerprint density at radius 3 is 2.59 bits per heavy atom. The highest BCUT2D eigenvalue weighted by molar-refractivity contribution is 7.14. The van der Waals surface area contributed by atoms with Crippen LogP contribution in [-0.2, 0) is 0 Å². The number of nitrogens with one attached hydrogen (secondary N) is 2. The Bertz CT molecular complexity index is 849. The molecule has 1 aromatic heterocycles. The van der Waals surface area contributed by atoms with E-state index < -0.39 is 0 Å². The van der Waals surface area contributed by atoms with Gasteiger partial charge in [0, 0.05) is 24.0 Å². The second-order valence-corrected chi connectivity index (χ2v) is 7.58. The molecule has 2 heterocycles. The van der Waals surface area contributed by atoms with E-state index in [0.29, 0.717) is 34.4 Å². The molecule has 1 fully saturated rings. The van der Waals surface area contributed by atoms with E-state index in [1.807, 2.05) is 0 Å². The fraction of sp³-hybridized carbons (Fsp3) is 0.450. The Balaban J connectivity index is 1.52. The van der Waals surface area contributed by atoms with Gasteiger partial charge in [-0.3, -0.25) is 14.9 Å². The van der Waals surface area contributed by atoms with Gasteiger partial charge in [0.2, 0.25) is 0 Å². The zero-order valence-electron chi connectivity index (χ0n) is 16.7. The molecule has 0 bridgehead atoms. The minimum absolute atomic E-state index is 0.232. The molecular weight excluding hydrogens is 392 g/mol. The van der Waals surface area contributed by atoms with Gasteiger partial charge in [0.05, 0.1) is 14.2 Å². The first-order chi connectivity index (χ1) is 14.1. The summed E-state index contributed by atoms with van der Waals surface area (Å²) in [5.74, 6) is 0.442. The normalized spacial score (nSPS) is 14.3. The zero-order chi connectivity index (χ0) is 20.6. The van der Waals surface area contributed by atoms with Gasteiger partial charge in [0.15, 0.2) is 16.6 Å². The van der Waals surface area contributed by atoms with Crippen LogP contribution < -0.4 is 20.1 Å². The summed E-state index contributed by atoms with van der Waals surface area (Å²) < 4.78 is 10.4. The molecule has 29 heavy (non-hydrogen) atoms. The number of carbonyl (C=O) groups is 2. The Kier molecular flexibility index (Phi) is 7.42. The number of rotatable bonds is 8. The number of ether oxygens (including phenoxy) is 2. The summed E-state index contributed by atoms with van der Waals surface area (Å²) in [7, 11) is 3.04. The summed E-state index contributed by atoms with van der Waals surface area (Å²) >= 11 is 1.21. The van der Waals surface area contributed by atoms with Crippen LogP contribution in [0.3, 0.4) is 0 Å². The van der Waals surface area contributed by atoms with Crippen LogP contribution in [0.2, 0.25) is 0 Å². The number of amides is 2. The highest BCUT2D eigenvalue weighted by atomic mass is 32.1. The second-order valence-electron chi connectivity index (χ2n) is 6.72. The van der Waals surface area contributed by atoms with Crippen molar-refractivity contribution in [3.8, 4) is 11.5 Å². The largest absolute Gasteiger partial charge is 0.493 e. The molecule has 0 spiro atoms. The molecule has 9 heteroatoms. The van der Waals surface area contributed by atoms with Gasteiger partial charge in [-0.2, -0.15) is 0 Å². The standard InChI is InChI=1S/C20H26N4O4S/c1-27-16-7-6-14(12-17(16)28-2)18(25)23-20-22-15(13-29-20)19(26)21-8-11-24-9-4-3-5-10-24/h6-7,12-13H,3-5,8-11H2,1-2H3,(H,21,26)(H,22,23,25). The lowest BCUT2D eigenvalue weighted by Gasteiger charge is -2.26. The maximum atomic E-state index is 12.5. The number of hydrogen-bond donors (Lipinski definition) is 2. The third-order valence-electron chi connectivity index (χ3n) is 4.77. The number of thiazole rings is 1. The molecule has 0 atom stereocenters. The van der Waals surface area contributed by atoms with Crippen LogP contribution in [0.1, 0.15) is 40.1 Å². The molecule has 0 unspecified atom stereocenters. The first-order valence-corrected chi connectivity index (χ1v) is 10.5. The number of likely N-dealkylation sites (tertiary alicyclic amines) is 1. The number of benzene rings is 1. The average molecular weight is 419 g/mol. The van der Waals surface area contributed by atoms with E-state index in [2.05, 4.69) is 20.5 Å². The van der Waals surface area contributed by atoms with Crippen molar-refractivity contribution in [3.63, 3.8) is 0 Å². The third kappa shape index (κ3) is 5.68. The molecular formula is C20H26N4O4S. The molecule has 2 amide bonds. The second kappa shape index (κ2) is 10.2. The maximum Gasteiger partial charge on any atom is 0.270 e. The maximum absolute atomic E-state index is 12.5. The van der Waals surface area contributed by atoms with E-state index >= 15 is 0 Å². The van der Waals surface area contributed by atoms with Crippen LogP contribution in [0.15, 0.2) is 23.6 Å². The summed E-state index contributed by atoms with van der Waals surface area (Å²) in [5.41, 5.74) is 0.710. The Labute approximate surface area is 174 Å². The van der Waals surface area contributed by atoms with Gasteiger partial charge >= 0.3 is 0 Å². The summed E-state index contributed by atoms with van der Waals surface area (Å²) in [6, 6.07) is 4.89. The summed E-state index contributed by atoms with van der Waals surface area (Å²) in [4.78, 5) is 31.3. The van der Waals surface area contributed by atoms with Crippen LogP contribution in [0, 0.1) is 0 Å². The minimum Gasteiger partial charge on any atom is -0.493 e. The van der Waals surface area contributed by atoms with Crippen molar-refractivity contribution in [2.24, 2.45) is 0 Å². The van der Waals surface area contributed by atoms with Crippen LogP contribution in [-0.4, -0.2) is 62.1 Å². The predicted octanol–water partition coefficient (Wildman–Crippen LogP) is 2.63. The van der Waals surface area contributed by atoms with Crippen molar-refractivity contribution in [1.82, 2.24) is 15.2 Å². The van der Waals surface area contributed by atoms with Crippen LogP contribution in [0.25, 0.3) is 0 Å². The molecule has 8 nitrogen and oxygen atoms in total. The van der Waals surface area contributed by atoms with Crippen molar-refractivity contribution < 1.29 is 19.1 Å². The Morgan fingerprint density at radius 1 is 1.10 bits per heavy atom. The molecule has 2 aromatic rings. The van der Waals surface area contributed by atoms with E-state index in [0.717, 1.165) is 19.6 Å². The molecule has 3 rings (SSSR count). The monoisotopic (exact) mass is 418 g/mol. The lowest BCUT2D eigenvalue weighted by Crippen LogP contribution is -2.37. The number of aromatic nitrogens is 1. The quantitative estimate of drug-likeness (QED) is 0.685. The lowest BCUT2D eigenvalue weighted by atomic mass is 10.1. The molecule has 1 saturated heterocycles. The molecule has 2 N–H and O–H groups in total. The summed E-state index contributed by atoms with van der Waals surface area (Å²) in [6.07, 6.45) is 3.74. The van der Waals surface area contributed by atoms with Gasteiger partial charge in [-0.25, -0.2) is 4.98 Å². The Hall–Kier alpha value is -2.65. The fourth-order valence-corrected chi connectivity index (χ4v) is 3.87. The molecule has 0 radical (unpaired) electrons. The highest BCUT2D eigenvalue weighted by Gasteiger charge is 2.16. The lowest BCUT2D eigenvalue weighted by molar-refractivity contribution is 0.0941. The SMILES string of the molecule is COc1ccc(C(=O)Nc2nc(C(=O)NCCN3CCCCC3)cs2)cc1OC. The number of hydrogen-bond acceptors (Lipinski definition) is 7. The topological polar surface area (TPSA) is 92.8 Å². The number of anilines is 1. The number of piperidine rings is 1. The first-order valence-electron chi connectivity index (χ1n) is 9.60. The molecule has 0 saturated carbocycles. The zero-order valence-corrected chi connectivity index (χ0v) is 17.5. The predicted molar refractivity (Wildman–Crippen MR) is 112 cm³/mol. The molecule has 0 aliphatic carbocycles. The molecule has 1 aliphatic rings. The van der Waals surface area contributed by atoms with E-state index in [9.17, 15) is 9.59 Å². The third-order valence-corrected chi connectivity index (χ3v) is 5.52. The van der Waals surface area contributed by atoms with Gasteiger partial charge in [0.25, 0.3) is 11.8 Å². The van der Waals surface area contributed by atoms with E-state index in [4.69, 9.17) is 9.47 Å². The van der Waals surface area contributed by atoms with E-state index in [-0.39, 0.29) is 11.8 Å². The van der Waals surface area contributed by atoms with Gasteiger partial charge in [0.1, 0.15) is 5.69 Å². The Morgan fingerprint density at radius 2 is 1.86 bits per heavy atom. The van der Waals surface area contributed by atoms with Gasteiger partial charge in [-0.1, -0.05) is 6.42 Å². The molecule has 156 valence electrons. The summed E-state index contributed by atoms with van der Waals surface area (Å²) in [5, 5.41) is 7.61. The van der Waals surface area contributed by atoms with Crippen LogP contribution >= 0.6 is 11.3 Å². The van der Waals surface area contributed by atoms with Gasteiger partial charge in [-0.05, 0) is 44.1 Å². The van der Waals surface area contributed by atoms with Gasteiger partial charge in [-0.15, -0.1) is 11.3 Å². The number of methoxy groups -OCH3 is 2. The van der Waals surface area contributed by atoms with Crippen LogP contribution in [0.4, 0.5) is 5.13 Å². The van der Waals surface area contributed by atoms with Crippen molar-refractivity contribution in [3.05, 3.63) is 34.8 Å². The van der Waals surface area contributed by atoms with E-state index in [1.165, 1.54) is 44.8 Å². The van der Waals surface area contributed by atoms with Crippen molar-refractivity contribution in [2.75, 3.05) is 45.7 Å². The first kappa shape index (κ1) is 21.1. The molecule has 1 aliphatic heterocycles. The van der Waals surface area contributed by atoms with Gasteiger partial charge < -0.3 is 19.7 Å². The van der Waals surface area contributed by atoms with Crippen LogP contribution in [0.5, 0.6) is 11.5 Å². The van der Waals surface area contributed by atoms with Crippen molar-refractivity contribution >= 4 is 28.3 Å². The fourth-order valence-electron chi connectivity index (χ4n) is 3.18.